The van der Waals surface area contributed by atoms with E-state index in [0.717, 1.165) is 18.6 Å². The van der Waals surface area contributed by atoms with E-state index < -0.39 is 0 Å². The molecule has 6 nitrogen and oxygen atoms in total. The predicted molar refractivity (Wildman–Crippen MR) is 79.3 cm³/mol. The number of rotatable bonds is 4. The van der Waals surface area contributed by atoms with E-state index >= 15 is 0 Å². The molecule has 3 aromatic heterocycles. The number of hydrogen-bond donors (Lipinski definition) is 0. The first-order valence-corrected chi connectivity index (χ1v) is 7.40. The average Bonchev–Trinajstić information content (AvgIpc) is 3.07. The number of aromatic nitrogens is 3. The Hall–Kier alpha value is -2.63. The van der Waals surface area contributed by atoms with E-state index in [2.05, 4.69) is 9.97 Å². The molecule has 0 radical (unpaired) electrons. The molecule has 1 saturated carbocycles. The molecular weight excluding hydrogens is 280 g/mol. The van der Waals surface area contributed by atoms with Gasteiger partial charge in [-0.1, -0.05) is 0 Å². The molecule has 3 aromatic rings. The van der Waals surface area contributed by atoms with Crippen molar-refractivity contribution >= 4 is 11.7 Å². The van der Waals surface area contributed by atoms with Crippen molar-refractivity contribution in [2.24, 2.45) is 0 Å². The Morgan fingerprint density at radius 3 is 3.00 bits per heavy atom. The summed E-state index contributed by atoms with van der Waals surface area (Å²) in [5.41, 5.74) is 0.420. The van der Waals surface area contributed by atoms with Crippen LogP contribution in [0.1, 0.15) is 42.1 Å². The summed E-state index contributed by atoms with van der Waals surface area (Å²) < 4.78 is 7.23. The minimum absolute atomic E-state index is 0.0723. The molecule has 0 N–H and O–H groups in total. The highest BCUT2D eigenvalue weighted by Gasteiger charge is 2.38. The lowest BCUT2D eigenvalue weighted by Crippen LogP contribution is -2.35. The second-order valence-electron chi connectivity index (χ2n) is 5.59. The molecule has 3 heterocycles. The molecule has 4 rings (SSSR count). The quantitative estimate of drug-likeness (QED) is 0.742. The van der Waals surface area contributed by atoms with Crippen molar-refractivity contribution < 1.29 is 9.21 Å². The van der Waals surface area contributed by atoms with Crippen molar-refractivity contribution in [1.29, 1.82) is 0 Å². The number of amides is 1. The van der Waals surface area contributed by atoms with E-state index in [4.69, 9.17) is 4.42 Å². The zero-order chi connectivity index (χ0) is 15.1. The minimum atomic E-state index is -0.104. The van der Waals surface area contributed by atoms with Gasteiger partial charge in [0.15, 0.2) is 0 Å². The Morgan fingerprint density at radius 2 is 2.32 bits per heavy atom. The van der Waals surface area contributed by atoms with Crippen LogP contribution in [0, 0.1) is 0 Å². The molecule has 1 amide bonds. The molecule has 1 fully saturated rings. The van der Waals surface area contributed by atoms with Crippen LogP contribution in [0.2, 0.25) is 0 Å². The molecule has 22 heavy (non-hydrogen) atoms. The van der Waals surface area contributed by atoms with Gasteiger partial charge in [0.2, 0.25) is 5.78 Å². The van der Waals surface area contributed by atoms with Gasteiger partial charge in [-0.2, -0.15) is 0 Å². The maximum Gasteiger partial charge on any atom is 0.275 e. The minimum Gasteiger partial charge on any atom is -0.467 e. The summed E-state index contributed by atoms with van der Waals surface area (Å²) >= 11 is 0. The number of nitrogens with zero attached hydrogens (tertiary/aromatic N) is 4. The van der Waals surface area contributed by atoms with Crippen LogP contribution in [0.25, 0.3) is 5.78 Å². The lowest BCUT2D eigenvalue weighted by molar-refractivity contribution is 0.0647. The van der Waals surface area contributed by atoms with Crippen LogP contribution in [-0.4, -0.2) is 31.2 Å². The summed E-state index contributed by atoms with van der Waals surface area (Å²) in [7, 11) is 0. The highest BCUT2D eigenvalue weighted by atomic mass is 16.3. The molecule has 1 atom stereocenters. The van der Waals surface area contributed by atoms with Crippen molar-refractivity contribution in [3.05, 3.63) is 54.5 Å². The van der Waals surface area contributed by atoms with Crippen LogP contribution in [0.5, 0.6) is 0 Å². The number of fused-ring (bicyclic) bond motifs is 1. The number of imidazole rings is 1. The van der Waals surface area contributed by atoms with Crippen LogP contribution in [-0.2, 0) is 0 Å². The molecule has 0 aromatic carbocycles. The fraction of sp³-hybridized carbons (Fsp3) is 0.312. The van der Waals surface area contributed by atoms with Gasteiger partial charge in [0.25, 0.3) is 5.91 Å². The third-order valence-corrected chi connectivity index (χ3v) is 4.00. The Labute approximate surface area is 127 Å². The number of carbonyl (C=O) groups is 1. The van der Waals surface area contributed by atoms with Crippen molar-refractivity contribution in [3.8, 4) is 0 Å². The zero-order valence-corrected chi connectivity index (χ0v) is 12.2. The van der Waals surface area contributed by atoms with Gasteiger partial charge < -0.3 is 9.32 Å². The Kier molecular flexibility index (Phi) is 2.96. The molecular formula is C16H16N4O2. The van der Waals surface area contributed by atoms with E-state index in [1.54, 1.807) is 23.1 Å². The van der Waals surface area contributed by atoms with E-state index in [9.17, 15) is 4.79 Å². The molecule has 0 spiro atoms. The fourth-order valence-corrected chi connectivity index (χ4v) is 2.74. The predicted octanol–water partition coefficient (Wildman–Crippen LogP) is 2.69. The summed E-state index contributed by atoms with van der Waals surface area (Å²) in [6.45, 7) is 1.99. The highest BCUT2D eigenvalue weighted by molar-refractivity contribution is 5.93. The zero-order valence-electron chi connectivity index (χ0n) is 12.2. The van der Waals surface area contributed by atoms with Gasteiger partial charge >= 0.3 is 0 Å². The van der Waals surface area contributed by atoms with Gasteiger partial charge in [0, 0.05) is 24.6 Å². The van der Waals surface area contributed by atoms with Crippen LogP contribution in [0.4, 0.5) is 0 Å². The SMILES string of the molecule is CC(c1ccco1)N(C(=O)c1cn2cccnc2n1)C1CC1. The second kappa shape index (κ2) is 4.98. The average molecular weight is 296 g/mol. The van der Waals surface area contributed by atoms with Gasteiger partial charge in [-0.25, -0.2) is 9.97 Å². The smallest absolute Gasteiger partial charge is 0.275 e. The molecule has 0 aliphatic heterocycles. The maximum atomic E-state index is 12.9. The largest absolute Gasteiger partial charge is 0.467 e. The highest BCUT2D eigenvalue weighted by Crippen LogP contribution is 2.35. The van der Waals surface area contributed by atoms with E-state index in [-0.39, 0.29) is 18.0 Å². The van der Waals surface area contributed by atoms with E-state index in [1.165, 1.54) is 0 Å². The molecule has 112 valence electrons. The molecule has 1 aliphatic rings. The third kappa shape index (κ3) is 2.16. The monoisotopic (exact) mass is 296 g/mol. The molecule has 1 aliphatic carbocycles. The van der Waals surface area contributed by atoms with Crippen LogP contribution in [0.15, 0.2) is 47.5 Å². The first kappa shape index (κ1) is 13.1. The molecule has 1 unspecified atom stereocenters. The molecule has 0 saturated heterocycles. The summed E-state index contributed by atoms with van der Waals surface area (Å²) in [4.78, 5) is 23.3. The Balaban J connectivity index is 1.68. The van der Waals surface area contributed by atoms with E-state index in [1.807, 2.05) is 36.2 Å². The van der Waals surface area contributed by atoms with Crippen LogP contribution < -0.4 is 0 Å². The van der Waals surface area contributed by atoms with Crippen LogP contribution >= 0.6 is 0 Å². The summed E-state index contributed by atoms with van der Waals surface area (Å²) in [5, 5.41) is 0. The molecule has 0 bridgehead atoms. The standard InChI is InChI=1S/C16H16N4O2/c1-11(14-4-2-9-22-14)20(12-5-6-12)15(21)13-10-19-8-3-7-17-16(19)18-13/h2-4,7-12H,5-6H2,1H3. The molecule has 6 heteroatoms. The maximum absolute atomic E-state index is 12.9. The fourth-order valence-electron chi connectivity index (χ4n) is 2.74. The summed E-state index contributed by atoms with van der Waals surface area (Å²) in [5.74, 6) is 1.26. The van der Waals surface area contributed by atoms with Crippen LogP contribution in [0.3, 0.4) is 0 Å². The number of hydrogen-bond acceptors (Lipinski definition) is 4. The number of furan rings is 1. The van der Waals surface area contributed by atoms with Crippen molar-refractivity contribution in [3.63, 3.8) is 0 Å². The van der Waals surface area contributed by atoms with Gasteiger partial charge in [0.1, 0.15) is 11.5 Å². The summed E-state index contributed by atoms with van der Waals surface area (Å²) in [6.07, 6.45) is 8.93. The first-order valence-electron chi connectivity index (χ1n) is 7.40. The summed E-state index contributed by atoms with van der Waals surface area (Å²) in [6, 6.07) is 5.72. The Bertz CT molecular complexity index is 772. The first-order chi connectivity index (χ1) is 10.7. The van der Waals surface area contributed by atoms with Crippen molar-refractivity contribution in [2.45, 2.75) is 31.8 Å². The normalized spacial score (nSPS) is 15.9. The van der Waals surface area contributed by atoms with Gasteiger partial charge in [-0.15, -0.1) is 0 Å². The van der Waals surface area contributed by atoms with Crippen molar-refractivity contribution in [1.82, 2.24) is 19.3 Å². The topological polar surface area (TPSA) is 63.6 Å². The van der Waals surface area contributed by atoms with Gasteiger partial charge in [-0.05, 0) is 38.0 Å². The van der Waals surface area contributed by atoms with Gasteiger partial charge in [0.05, 0.1) is 12.3 Å². The second-order valence-corrected chi connectivity index (χ2v) is 5.59. The van der Waals surface area contributed by atoms with Crippen molar-refractivity contribution in [2.75, 3.05) is 0 Å². The lowest BCUT2D eigenvalue weighted by Gasteiger charge is -2.27. The number of carbonyl (C=O) groups excluding carboxylic acids is 1. The van der Waals surface area contributed by atoms with Gasteiger partial charge in [-0.3, -0.25) is 9.20 Å². The van der Waals surface area contributed by atoms with E-state index in [0.29, 0.717) is 11.5 Å². The Morgan fingerprint density at radius 1 is 1.45 bits per heavy atom. The third-order valence-electron chi connectivity index (χ3n) is 4.00. The lowest BCUT2D eigenvalue weighted by atomic mass is 10.2.